The zero-order valence-electron chi connectivity index (χ0n) is 13.4. The van der Waals surface area contributed by atoms with Crippen molar-refractivity contribution in [2.75, 3.05) is 6.61 Å². The van der Waals surface area contributed by atoms with Crippen LogP contribution in [-0.4, -0.2) is 34.9 Å². The third kappa shape index (κ3) is 6.13. The number of hydrogen-bond donors (Lipinski definition) is 2. The van der Waals surface area contributed by atoms with Crippen LogP contribution >= 0.6 is 0 Å². The minimum atomic E-state index is -1.55. The van der Waals surface area contributed by atoms with E-state index in [9.17, 15) is 14.7 Å². The molecule has 6 heteroatoms. The normalized spacial score (nSPS) is 14.0. The number of hydrogen-bond acceptors (Lipinski definition) is 4. The summed E-state index contributed by atoms with van der Waals surface area (Å²) in [4.78, 5) is 23.2. The van der Waals surface area contributed by atoms with Crippen LogP contribution in [0.25, 0.3) is 0 Å². The van der Waals surface area contributed by atoms with Crippen LogP contribution in [0.4, 0.5) is 4.79 Å². The molecule has 1 rings (SSSR count). The Morgan fingerprint density at radius 1 is 1.14 bits per heavy atom. The molecule has 1 atom stereocenters. The highest BCUT2D eigenvalue weighted by Gasteiger charge is 2.37. The molecule has 0 bridgehead atoms. The zero-order valence-corrected chi connectivity index (χ0v) is 13.4. The molecule has 0 fully saturated rings. The van der Waals surface area contributed by atoms with Gasteiger partial charge in [0, 0.05) is 0 Å². The zero-order chi connectivity index (χ0) is 16.8. The summed E-state index contributed by atoms with van der Waals surface area (Å²) in [5.74, 6) is -1.19. The monoisotopic (exact) mass is 309 g/mol. The molecule has 0 saturated carbocycles. The van der Waals surface area contributed by atoms with Crippen molar-refractivity contribution in [2.45, 2.75) is 45.4 Å². The van der Waals surface area contributed by atoms with Gasteiger partial charge in [0.25, 0.3) is 0 Å². The molecule has 0 aliphatic rings. The molecule has 0 spiro atoms. The molecule has 122 valence electrons. The smallest absolute Gasteiger partial charge is 0.408 e. The summed E-state index contributed by atoms with van der Waals surface area (Å²) in [5.41, 5.74) is -1.24. The first kappa shape index (κ1) is 18.0. The maximum absolute atomic E-state index is 11.8. The number of alkyl carbamates (subject to hydrolysis) is 1. The lowest BCUT2D eigenvalue weighted by molar-refractivity contribution is -0.149. The Kier molecular flexibility index (Phi) is 5.93. The molecular formula is C16H23NO5. The molecule has 0 aromatic heterocycles. The van der Waals surface area contributed by atoms with Crippen LogP contribution in [0, 0.1) is 0 Å². The average Bonchev–Trinajstić information content (AvgIpc) is 2.43. The molecule has 6 nitrogen and oxygen atoms in total. The molecule has 0 aliphatic heterocycles. The van der Waals surface area contributed by atoms with Crippen LogP contribution < -0.4 is 5.32 Å². The lowest BCUT2D eigenvalue weighted by atomic mass is 10.0. The topological polar surface area (TPSA) is 84.9 Å². The first-order valence-corrected chi connectivity index (χ1v) is 6.99. The van der Waals surface area contributed by atoms with E-state index in [1.54, 1.807) is 0 Å². The highest BCUT2D eigenvalue weighted by atomic mass is 16.6. The Morgan fingerprint density at radius 2 is 1.73 bits per heavy atom. The molecular weight excluding hydrogens is 286 g/mol. The van der Waals surface area contributed by atoms with E-state index >= 15 is 0 Å². The number of carboxylic acids is 1. The van der Waals surface area contributed by atoms with Crippen molar-refractivity contribution in [3.05, 3.63) is 35.9 Å². The van der Waals surface area contributed by atoms with E-state index in [4.69, 9.17) is 9.47 Å². The van der Waals surface area contributed by atoms with Gasteiger partial charge in [0.2, 0.25) is 0 Å². The summed E-state index contributed by atoms with van der Waals surface area (Å²) in [5, 5.41) is 11.7. The second-order valence-electron chi connectivity index (χ2n) is 6.23. The number of ether oxygens (including phenoxy) is 2. The average molecular weight is 309 g/mol. The minimum Gasteiger partial charge on any atom is -0.479 e. The van der Waals surface area contributed by atoms with Crippen molar-refractivity contribution >= 4 is 12.1 Å². The van der Waals surface area contributed by atoms with E-state index < -0.39 is 23.2 Å². The molecule has 0 unspecified atom stereocenters. The van der Waals surface area contributed by atoms with Crippen molar-refractivity contribution in [3.63, 3.8) is 0 Å². The van der Waals surface area contributed by atoms with Crippen molar-refractivity contribution < 1.29 is 24.2 Å². The fourth-order valence-electron chi connectivity index (χ4n) is 1.50. The first-order chi connectivity index (χ1) is 10.1. The maximum atomic E-state index is 11.8. The molecule has 0 saturated heterocycles. The second-order valence-corrected chi connectivity index (χ2v) is 6.23. The third-order valence-corrected chi connectivity index (χ3v) is 2.86. The molecule has 1 amide bonds. The summed E-state index contributed by atoms with van der Waals surface area (Å²) in [6.07, 6.45) is -0.800. The summed E-state index contributed by atoms with van der Waals surface area (Å²) >= 11 is 0. The predicted molar refractivity (Wildman–Crippen MR) is 81.5 cm³/mol. The van der Waals surface area contributed by atoms with Gasteiger partial charge < -0.3 is 19.9 Å². The summed E-state index contributed by atoms with van der Waals surface area (Å²) in [6, 6.07) is 9.14. The van der Waals surface area contributed by atoms with Gasteiger partial charge in [-0.1, -0.05) is 30.3 Å². The minimum absolute atomic E-state index is 0.0719. The number of amides is 1. The Morgan fingerprint density at radius 3 is 2.23 bits per heavy atom. The molecule has 0 aliphatic carbocycles. The summed E-state index contributed by atoms with van der Waals surface area (Å²) in [7, 11) is 0. The van der Waals surface area contributed by atoms with Gasteiger partial charge in [0.15, 0.2) is 5.54 Å². The van der Waals surface area contributed by atoms with Gasteiger partial charge in [-0.25, -0.2) is 9.59 Å². The summed E-state index contributed by atoms with van der Waals surface area (Å²) in [6.45, 7) is 6.72. The molecule has 2 N–H and O–H groups in total. The number of nitrogens with one attached hydrogen (secondary N) is 1. The first-order valence-electron chi connectivity index (χ1n) is 6.99. The highest BCUT2D eigenvalue weighted by molar-refractivity contribution is 5.84. The van der Waals surface area contributed by atoms with E-state index in [0.29, 0.717) is 0 Å². The van der Waals surface area contributed by atoms with Crippen LogP contribution in [0.3, 0.4) is 0 Å². The van der Waals surface area contributed by atoms with Gasteiger partial charge in [0.05, 0.1) is 12.2 Å². The van der Waals surface area contributed by atoms with Crippen molar-refractivity contribution in [3.8, 4) is 0 Å². The van der Waals surface area contributed by atoms with Gasteiger partial charge in [-0.2, -0.15) is 0 Å². The Bertz CT molecular complexity index is 509. The van der Waals surface area contributed by atoms with Crippen LogP contribution in [0.5, 0.6) is 0 Å². The second kappa shape index (κ2) is 7.26. The molecule has 0 heterocycles. The van der Waals surface area contributed by atoms with Crippen molar-refractivity contribution in [2.24, 2.45) is 0 Å². The van der Waals surface area contributed by atoms with E-state index in [2.05, 4.69) is 5.32 Å². The highest BCUT2D eigenvalue weighted by Crippen LogP contribution is 2.13. The van der Waals surface area contributed by atoms with Gasteiger partial charge in [-0.15, -0.1) is 0 Å². The fraction of sp³-hybridized carbons (Fsp3) is 0.500. The van der Waals surface area contributed by atoms with Crippen LogP contribution in [0.15, 0.2) is 30.3 Å². The van der Waals surface area contributed by atoms with E-state index in [0.717, 1.165) is 5.56 Å². The number of carboxylic acid groups (broad SMARTS) is 1. The summed E-state index contributed by atoms with van der Waals surface area (Å²) < 4.78 is 10.5. The van der Waals surface area contributed by atoms with Crippen molar-refractivity contribution in [1.82, 2.24) is 5.32 Å². The fourth-order valence-corrected chi connectivity index (χ4v) is 1.50. The SMILES string of the molecule is CC(C)(C)OC[C@@](C)(NC(=O)OCc1ccccc1)C(=O)O. The predicted octanol–water partition coefficient (Wildman–Crippen LogP) is 2.57. The Hall–Kier alpha value is -2.08. The molecule has 22 heavy (non-hydrogen) atoms. The number of rotatable bonds is 6. The number of carbonyl (C=O) groups excluding carboxylic acids is 1. The van der Waals surface area contributed by atoms with E-state index in [1.165, 1.54) is 6.92 Å². The Balaban J connectivity index is 2.58. The van der Waals surface area contributed by atoms with Crippen molar-refractivity contribution in [1.29, 1.82) is 0 Å². The van der Waals surface area contributed by atoms with Gasteiger partial charge in [-0.3, -0.25) is 0 Å². The van der Waals surface area contributed by atoms with Gasteiger partial charge >= 0.3 is 12.1 Å². The number of aliphatic carboxylic acids is 1. The van der Waals surface area contributed by atoms with E-state index in [-0.39, 0.29) is 13.2 Å². The lowest BCUT2D eigenvalue weighted by Gasteiger charge is -2.29. The van der Waals surface area contributed by atoms with Gasteiger partial charge in [-0.05, 0) is 33.3 Å². The number of benzene rings is 1. The third-order valence-electron chi connectivity index (χ3n) is 2.86. The Labute approximate surface area is 130 Å². The lowest BCUT2D eigenvalue weighted by Crippen LogP contribution is -2.56. The van der Waals surface area contributed by atoms with Crippen LogP contribution in [0.1, 0.15) is 33.3 Å². The van der Waals surface area contributed by atoms with E-state index in [1.807, 2.05) is 51.1 Å². The quantitative estimate of drug-likeness (QED) is 0.843. The maximum Gasteiger partial charge on any atom is 0.408 e. The standard InChI is InChI=1S/C16H23NO5/c1-15(2,3)22-11-16(4,13(18)19)17-14(20)21-10-12-8-6-5-7-9-12/h5-9H,10-11H2,1-4H3,(H,17,20)(H,18,19)/t16-/m1/s1. The number of carbonyl (C=O) groups is 2. The van der Waals surface area contributed by atoms with Crippen LogP contribution in [-0.2, 0) is 20.9 Å². The van der Waals surface area contributed by atoms with Gasteiger partial charge in [0.1, 0.15) is 6.61 Å². The largest absolute Gasteiger partial charge is 0.479 e. The molecule has 1 aromatic carbocycles. The molecule has 0 radical (unpaired) electrons. The molecule has 1 aromatic rings. The van der Waals surface area contributed by atoms with Crippen LogP contribution in [0.2, 0.25) is 0 Å².